The summed E-state index contributed by atoms with van der Waals surface area (Å²) in [4.78, 5) is 2.38. The number of aromatic nitrogens is 2. The summed E-state index contributed by atoms with van der Waals surface area (Å²) in [7, 11) is 4.15. The van der Waals surface area contributed by atoms with E-state index in [1.54, 1.807) is 0 Å². The maximum Gasteiger partial charge on any atom is 0.122 e. The summed E-state index contributed by atoms with van der Waals surface area (Å²) in [5.41, 5.74) is 2.61. The van der Waals surface area contributed by atoms with Gasteiger partial charge in [-0.25, -0.2) is 0 Å². The number of hydrogen-bond donors (Lipinski definition) is 0. The molecule has 0 radical (unpaired) electrons. The van der Waals surface area contributed by atoms with E-state index in [0.717, 1.165) is 38.3 Å². The van der Waals surface area contributed by atoms with Gasteiger partial charge >= 0.3 is 0 Å². The van der Waals surface area contributed by atoms with Crippen LogP contribution in [0.4, 0.5) is 0 Å². The summed E-state index contributed by atoms with van der Waals surface area (Å²) in [6.07, 6.45) is 6.25. The van der Waals surface area contributed by atoms with Crippen LogP contribution in [0.15, 0.2) is 36.7 Å². The summed E-state index contributed by atoms with van der Waals surface area (Å²) in [6.45, 7) is 2.86. The van der Waals surface area contributed by atoms with Gasteiger partial charge in [0.15, 0.2) is 0 Å². The fourth-order valence-corrected chi connectivity index (χ4v) is 3.09. The lowest BCUT2D eigenvalue weighted by Crippen LogP contribution is -2.26. The maximum absolute atomic E-state index is 5.85. The number of para-hydroxylation sites is 1. The molecule has 1 aliphatic rings. The van der Waals surface area contributed by atoms with Crippen molar-refractivity contribution in [1.29, 1.82) is 0 Å². The van der Waals surface area contributed by atoms with Crippen LogP contribution < -0.4 is 4.74 Å². The molecular formula is C17H23N3O. The quantitative estimate of drug-likeness (QED) is 0.864. The van der Waals surface area contributed by atoms with Crippen molar-refractivity contribution >= 4 is 0 Å². The van der Waals surface area contributed by atoms with Crippen molar-refractivity contribution in [1.82, 2.24) is 14.7 Å². The van der Waals surface area contributed by atoms with Gasteiger partial charge in [0.25, 0.3) is 0 Å². The minimum Gasteiger partial charge on any atom is -0.493 e. The average Bonchev–Trinajstić information content (AvgIpc) is 2.74. The van der Waals surface area contributed by atoms with Crippen molar-refractivity contribution < 1.29 is 4.74 Å². The minimum absolute atomic E-state index is 0.648. The number of hydrogen-bond acceptors (Lipinski definition) is 3. The van der Waals surface area contributed by atoms with E-state index in [9.17, 15) is 0 Å². The topological polar surface area (TPSA) is 30.3 Å². The van der Waals surface area contributed by atoms with E-state index < -0.39 is 0 Å². The summed E-state index contributed by atoms with van der Waals surface area (Å²) in [5, 5.41) is 4.23. The first-order valence-electron chi connectivity index (χ1n) is 7.57. The molecule has 1 aliphatic heterocycles. The number of nitrogens with zero attached hydrogens (tertiary/aromatic N) is 3. The van der Waals surface area contributed by atoms with Crippen molar-refractivity contribution in [2.24, 2.45) is 13.0 Å². The normalized spacial score (nSPS) is 18.1. The molecule has 3 rings (SSSR count). The third-order valence-corrected chi connectivity index (χ3v) is 4.05. The fourth-order valence-electron chi connectivity index (χ4n) is 3.09. The van der Waals surface area contributed by atoms with Crippen LogP contribution in [-0.2, 0) is 20.0 Å². The van der Waals surface area contributed by atoms with Crippen molar-refractivity contribution in [3.8, 4) is 5.75 Å². The molecule has 21 heavy (non-hydrogen) atoms. The van der Waals surface area contributed by atoms with Crippen LogP contribution >= 0.6 is 0 Å². The molecule has 0 fully saturated rings. The molecule has 0 aliphatic carbocycles. The van der Waals surface area contributed by atoms with E-state index >= 15 is 0 Å². The predicted octanol–water partition coefficient (Wildman–Crippen LogP) is 2.49. The summed E-state index contributed by atoms with van der Waals surface area (Å²) < 4.78 is 7.71. The summed E-state index contributed by atoms with van der Waals surface area (Å²) >= 11 is 0. The molecule has 0 amide bonds. The first kappa shape index (κ1) is 14.1. The molecule has 0 spiro atoms. The zero-order valence-corrected chi connectivity index (χ0v) is 12.8. The molecule has 2 aromatic rings. The zero-order valence-electron chi connectivity index (χ0n) is 12.8. The molecule has 0 saturated heterocycles. The third kappa shape index (κ3) is 3.64. The number of benzene rings is 1. The highest BCUT2D eigenvalue weighted by Gasteiger charge is 2.19. The minimum atomic E-state index is 0.648. The van der Waals surface area contributed by atoms with Crippen LogP contribution in [0.2, 0.25) is 0 Å². The van der Waals surface area contributed by atoms with E-state index in [1.807, 2.05) is 24.0 Å². The van der Waals surface area contributed by atoms with Gasteiger partial charge in [-0.2, -0.15) is 5.10 Å². The second-order valence-electron chi connectivity index (χ2n) is 6.03. The summed E-state index contributed by atoms with van der Waals surface area (Å²) in [5.74, 6) is 1.71. The molecule has 0 unspecified atom stereocenters. The Morgan fingerprint density at radius 2 is 2.24 bits per heavy atom. The second-order valence-corrected chi connectivity index (χ2v) is 6.03. The van der Waals surface area contributed by atoms with Gasteiger partial charge in [-0.05, 0) is 37.4 Å². The Hall–Kier alpha value is -1.81. The lowest BCUT2D eigenvalue weighted by molar-refractivity contribution is 0.235. The Morgan fingerprint density at radius 1 is 1.38 bits per heavy atom. The maximum atomic E-state index is 5.85. The monoisotopic (exact) mass is 285 g/mol. The van der Waals surface area contributed by atoms with Gasteiger partial charge in [0.05, 0.1) is 12.8 Å². The van der Waals surface area contributed by atoms with Crippen molar-refractivity contribution in [2.45, 2.75) is 19.4 Å². The van der Waals surface area contributed by atoms with Crippen LogP contribution in [0, 0.1) is 5.92 Å². The lowest BCUT2D eigenvalue weighted by Gasteiger charge is -2.22. The van der Waals surface area contributed by atoms with Crippen LogP contribution in [0.3, 0.4) is 0 Å². The lowest BCUT2D eigenvalue weighted by atomic mass is 9.96. The van der Waals surface area contributed by atoms with Crippen molar-refractivity contribution in [3.63, 3.8) is 0 Å². The van der Waals surface area contributed by atoms with Gasteiger partial charge in [0.1, 0.15) is 5.75 Å². The first-order chi connectivity index (χ1) is 10.2. The van der Waals surface area contributed by atoms with Gasteiger partial charge in [0.2, 0.25) is 0 Å². The van der Waals surface area contributed by atoms with Gasteiger partial charge in [-0.15, -0.1) is 0 Å². The molecule has 2 heterocycles. The number of aryl methyl sites for hydroxylation is 1. The second kappa shape index (κ2) is 6.31. The highest BCUT2D eigenvalue weighted by molar-refractivity contribution is 5.34. The number of fused-ring (bicyclic) bond motifs is 1. The van der Waals surface area contributed by atoms with E-state index in [0.29, 0.717) is 5.92 Å². The molecular weight excluding hydrogens is 262 g/mol. The summed E-state index contributed by atoms with van der Waals surface area (Å²) in [6, 6.07) is 8.42. The molecule has 112 valence electrons. The molecule has 0 saturated carbocycles. The Bertz CT molecular complexity index is 593. The fraction of sp³-hybridized carbons (Fsp3) is 0.471. The molecule has 4 nitrogen and oxygen atoms in total. The highest BCUT2D eigenvalue weighted by atomic mass is 16.5. The Labute approximate surface area is 126 Å². The molecule has 0 bridgehead atoms. The van der Waals surface area contributed by atoms with Crippen molar-refractivity contribution in [2.75, 3.05) is 20.2 Å². The average molecular weight is 285 g/mol. The van der Waals surface area contributed by atoms with Gasteiger partial charge < -0.3 is 9.64 Å². The predicted molar refractivity (Wildman–Crippen MR) is 83.3 cm³/mol. The molecule has 1 aromatic heterocycles. The Kier molecular flexibility index (Phi) is 4.25. The zero-order chi connectivity index (χ0) is 14.7. The number of rotatable bonds is 4. The third-order valence-electron chi connectivity index (χ3n) is 4.05. The highest BCUT2D eigenvalue weighted by Crippen LogP contribution is 2.27. The molecule has 1 atom stereocenters. The van der Waals surface area contributed by atoms with Crippen LogP contribution in [0.5, 0.6) is 5.75 Å². The molecule has 4 heteroatoms. The Balaban J connectivity index is 1.60. The van der Waals surface area contributed by atoms with Crippen LogP contribution in [-0.4, -0.2) is 34.9 Å². The first-order valence-corrected chi connectivity index (χ1v) is 7.57. The van der Waals surface area contributed by atoms with Gasteiger partial charge in [-0.1, -0.05) is 18.2 Å². The standard InChI is InChI=1S/C17H23N3O/c1-19(12-15-10-18-20(2)13-15)11-14-7-8-21-17-6-4-3-5-16(17)9-14/h3-6,10,13-14H,7-9,11-12H2,1-2H3/t14-/m0/s1. The van der Waals surface area contributed by atoms with E-state index in [1.165, 1.54) is 11.1 Å². The largest absolute Gasteiger partial charge is 0.493 e. The number of ether oxygens (including phenoxy) is 1. The van der Waals surface area contributed by atoms with Crippen LogP contribution in [0.25, 0.3) is 0 Å². The smallest absolute Gasteiger partial charge is 0.122 e. The SMILES string of the molecule is CN(Cc1cnn(C)c1)C[C@H]1CCOc2ccccc2C1. The van der Waals surface area contributed by atoms with Gasteiger partial charge in [0, 0.05) is 31.9 Å². The van der Waals surface area contributed by atoms with E-state index in [-0.39, 0.29) is 0 Å². The van der Waals surface area contributed by atoms with Crippen molar-refractivity contribution in [3.05, 3.63) is 47.8 Å². The van der Waals surface area contributed by atoms with Gasteiger partial charge in [-0.3, -0.25) is 4.68 Å². The molecule has 1 aromatic carbocycles. The Morgan fingerprint density at radius 3 is 3.05 bits per heavy atom. The van der Waals surface area contributed by atoms with E-state index in [2.05, 4.69) is 41.4 Å². The van der Waals surface area contributed by atoms with E-state index in [4.69, 9.17) is 4.74 Å². The van der Waals surface area contributed by atoms with Crippen LogP contribution in [0.1, 0.15) is 17.5 Å². The molecule has 0 N–H and O–H groups in total.